The number of hydrogen-bond acceptors (Lipinski definition) is 3. The molecule has 0 aliphatic rings. The summed E-state index contributed by atoms with van der Waals surface area (Å²) in [7, 11) is 1.87. The van der Waals surface area contributed by atoms with Crippen molar-refractivity contribution in [2.45, 2.75) is 9.79 Å². The zero-order valence-corrected chi connectivity index (χ0v) is 10.9. The van der Waals surface area contributed by atoms with Crippen LogP contribution < -0.4 is 0 Å². The molecule has 0 unspecified atom stereocenters. The molecule has 3 nitrogen and oxygen atoms in total. The highest BCUT2D eigenvalue weighted by molar-refractivity contribution is 9.10. The Hall–Kier alpha value is -1.25. The summed E-state index contributed by atoms with van der Waals surface area (Å²) in [5.41, 5.74) is 0.678. The number of benzene rings is 1. The first-order chi connectivity index (χ1) is 7.69. The molecule has 0 saturated heterocycles. The molecule has 1 aromatic carbocycles. The zero-order chi connectivity index (χ0) is 11.5. The first-order valence-electron chi connectivity index (χ1n) is 4.55. The Bertz CT molecular complexity index is 557. The molecular weight excluding hydrogens is 286 g/mol. The van der Waals surface area contributed by atoms with E-state index in [1.807, 2.05) is 31.4 Å². The molecule has 0 amide bonds. The fraction of sp³-hybridized carbons (Fsp3) is 0.0909. The maximum absolute atomic E-state index is 8.99. The first kappa shape index (κ1) is 11.2. The minimum Gasteiger partial charge on any atom is -0.275 e. The average molecular weight is 294 g/mol. The lowest BCUT2D eigenvalue weighted by Crippen LogP contribution is -1.84. The second kappa shape index (κ2) is 4.73. The largest absolute Gasteiger partial charge is 0.275 e. The van der Waals surface area contributed by atoms with E-state index in [0.29, 0.717) is 5.56 Å². The van der Waals surface area contributed by atoms with Crippen molar-refractivity contribution in [2.24, 2.45) is 7.05 Å². The number of nitrogens with zero attached hydrogens (tertiary/aromatic N) is 3. The van der Waals surface area contributed by atoms with E-state index in [0.717, 1.165) is 14.3 Å². The van der Waals surface area contributed by atoms with Gasteiger partial charge in [-0.05, 0) is 18.2 Å². The third kappa shape index (κ3) is 2.46. The fourth-order valence-electron chi connectivity index (χ4n) is 1.25. The minimum atomic E-state index is 0.678. The van der Waals surface area contributed by atoms with Gasteiger partial charge in [-0.25, -0.2) is 0 Å². The molecule has 0 saturated carbocycles. The van der Waals surface area contributed by atoms with E-state index in [1.54, 1.807) is 10.9 Å². The van der Waals surface area contributed by atoms with Gasteiger partial charge < -0.3 is 0 Å². The highest BCUT2D eigenvalue weighted by Crippen LogP contribution is 2.31. The standard InChI is InChI=1S/C11H8BrN3S/c1-15-7-10(6-14-15)16-11-4-9(12)3-2-8(11)5-13/h2-4,6-7H,1H3. The molecule has 0 fully saturated rings. The quantitative estimate of drug-likeness (QED) is 0.854. The molecule has 80 valence electrons. The lowest BCUT2D eigenvalue weighted by molar-refractivity contribution is 0.766. The summed E-state index contributed by atoms with van der Waals surface area (Å²) in [6.45, 7) is 0. The van der Waals surface area contributed by atoms with Gasteiger partial charge in [0.05, 0.1) is 16.7 Å². The van der Waals surface area contributed by atoms with Crippen LogP contribution in [0.1, 0.15) is 5.56 Å². The number of aryl methyl sites for hydroxylation is 1. The number of hydrogen-bond donors (Lipinski definition) is 0. The topological polar surface area (TPSA) is 41.6 Å². The predicted molar refractivity (Wildman–Crippen MR) is 66.2 cm³/mol. The van der Waals surface area contributed by atoms with Crippen LogP contribution in [-0.4, -0.2) is 9.78 Å². The Labute approximate surface area is 106 Å². The van der Waals surface area contributed by atoms with Crippen LogP contribution in [-0.2, 0) is 7.05 Å². The van der Waals surface area contributed by atoms with Gasteiger partial charge in [-0.1, -0.05) is 27.7 Å². The third-order valence-electron chi connectivity index (χ3n) is 1.97. The van der Waals surface area contributed by atoms with Crippen molar-refractivity contribution in [3.8, 4) is 6.07 Å². The Morgan fingerprint density at radius 1 is 1.50 bits per heavy atom. The Morgan fingerprint density at radius 2 is 2.31 bits per heavy atom. The van der Waals surface area contributed by atoms with Crippen LogP contribution in [0.5, 0.6) is 0 Å². The van der Waals surface area contributed by atoms with E-state index >= 15 is 0 Å². The van der Waals surface area contributed by atoms with Gasteiger partial charge in [0.25, 0.3) is 0 Å². The molecule has 0 radical (unpaired) electrons. The van der Waals surface area contributed by atoms with Gasteiger partial charge in [0.2, 0.25) is 0 Å². The van der Waals surface area contributed by atoms with Gasteiger partial charge >= 0.3 is 0 Å². The Morgan fingerprint density at radius 3 is 2.94 bits per heavy atom. The van der Waals surface area contributed by atoms with E-state index in [2.05, 4.69) is 27.1 Å². The van der Waals surface area contributed by atoms with E-state index in [4.69, 9.17) is 5.26 Å². The molecule has 2 aromatic rings. The summed E-state index contributed by atoms with van der Waals surface area (Å²) in [5, 5.41) is 13.1. The van der Waals surface area contributed by atoms with Crippen LogP contribution in [0.15, 0.2) is 44.9 Å². The van der Waals surface area contributed by atoms with Crippen LogP contribution in [0, 0.1) is 11.3 Å². The summed E-state index contributed by atoms with van der Waals surface area (Å²) in [6, 6.07) is 7.80. The molecule has 16 heavy (non-hydrogen) atoms. The predicted octanol–water partition coefficient (Wildman–Crippen LogP) is 3.21. The molecule has 0 bridgehead atoms. The SMILES string of the molecule is Cn1cc(Sc2cc(Br)ccc2C#N)cn1. The molecule has 0 atom stereocenters. The number of aromatic nitrogens is 2. The van der Waals surface area contributed by atoms with E-state index in [1.165, 1.54) is 11.8 Å². The average Bonchev–Trinajstić information content (AvgIpc) is 2.64. The van der Waals surface area contributed by atoms with Crippen LogP contribution >= 0.6 is 27.7 Å². The second-order valence-electron chi connectivity index (χ2n) is 3.20. The van der Waals surface area contributed by atoms with E-state index in [-0.39, 0.29) is 0 Å². The monoisotopic (exact) mass is 293 g/mol. The van der Waals surface area contributed by atoms with Gasteiger partial charge in [-0.2, -0.15) is 10.4 Å². The molecule has 0 aliphatic carbocycles. The maximum atomic E-state index is 8.99. The van der Waals surface area contributed by atoms with Crippen LogP contribution in [0.25, 0.3) is 0 Å². The van der Waals surface area contributed by atoms with Gasteiger partial charge in [-0.15, -0.1) is 0 Å². The molecule has 0 aliphatic heterocycles. The zero-order valence-electron chi connectivity index (χ0n) is 8.51. The molecule has 5 heteroatoms. The molecule has 0 N–H and O–H groups in total. The third-order valence-corrected chi connectivity index (χ3v) is 3.47. The summed E-state index contributed by atoms with van der Waals surface area (Å²) in [6.07, 6.45) is 3.71. The smallest absolute Gasteiger partial charge is 0.100 e. The highest BCUT2D eigenvalue weighted by Gasteiger charge is 2.06. The summed E-state index contributed by atoms with van der Waals surface area (Å²) >= 11 is 4.94. The lowest BCUT2D eigenvalue weighted by atomic mass is 10.2. The lowest BCUT2D eigenvalue weighted by Gasteiger charge is -2.01. The Balaban J connectivity index is 2.34. The van der Waals surface area contributed by atoms with Crippen molar-refractivity contribution in [1.82, 2.24) is 9.78 Å². The van der Waals surface area contributed by atoms with Crippen molar-refractivity contribution in [2.75, 3.05) is 0 Å². The number of halogens is 1. The molecule has 1 heterocycles. The normalized spacial score (nSPS) is 10.1. The molecular formula is C11H8BrN3S. The second-order valence-corrected chi connectivity index (χ2v) is 5.24. The van der Waals surface area contributed by atoms with Gasteiger partial charge in [0.15, 0.2) is 0 Å². The fourth-order valence-corrected chi connectivity index (χ4v) is 2.73. The first-order valence-corrected chi connectivity index (χ1v) is 6.16. The van der Waals surface area contributed by atoms with Crippen LogP contribution in [0.3, 0.4) is 0 Å². The van der Waals surface area contributed by atoms with Gasteiger partial charge in [-0.3, -0.25) is 4.68 Å². The minimum absolute atomic E-state index is 0.678. The van der Waals surface area contributed by atoms with E-state index < -0.39 is 0 Å². The van der Waals surface area contributed by atoms with Crippen LogP contribution in [0.4, 0.5) is 0 Å². The Kier molecular flexibility index (Phi) is 3.32. The van der Waals surface area contributed by atoms with E-state index in [9.17, 15) is 0 Å². The number of nitriles is 1. The van der Waals surface area contributed by atoms with Crippen molar-refractivity contribution < 1.29 is 0 Å². The van der Waals surface area contributed by atoms with Crippen molar-refractivity contribution in [3.05, 3.63) is 40.6 Å². The van der Waals surface area contributed by atoms with Crippen LogP contribution in [0.2, 0.25) is 0 Å². The maximum Gasteiger partial charge on any atom is 0.100 e. The van der Waals surface area contributed by atoms with Gasteiger partial charge in [0.1, 0.15) is 6.07 Å². The number of rotatable bonds is 2. The van der Waals surface area contributed by atoms with Crippen molar-refractivity contribution in [3.63, 3.8) is 0 Å². The summed E-state index contributed by atoms with van der Waals surface area (Å²) in [4.78, 5) is 1.96. The summed E-state index contributed by atoms with van der Waals surface area (Å²) < 4.78 is 2.71. The van der Waals surface area contributed by atoms with Crippen molar-refractivity contribution >= 4 is 27.7 Å². The molecule has 2 rings (SSSR count). The van der Waals surface area contributed by atoms with Gasteiger partial charge in [0, 0.05) is 22.6 Å². The summed E-state index contributed by atoms with van der Waals surface area (Å²) in [5.74, 6) is 0. The molecule has 1 aromatic heterocycles. The van der Waals surface area contributed by atoms with Crippen molar-refractivity contribution in [1.29, 1.82) is 5.26 Å². The highest BCUT2D eigenvalue weighted by atomic mass is 79.9. The molecule has 0 spiro atoms.